The normalized spacial score (nSPS) is 20.6. The maximum absolute atomic E-state index is 5.54. The maximum atomic E-state index is 5.54. The number of morpholine rings is 1. The Kier molecular flexibility index (Phi) is 4.91. The lowest BCUT2D eigenvalue weighted by Gasteiger charge is -2.38. The van der Waals surface area contributed by atoms with Crippen LogP contribution >= 0.6 is 0 Å². The SMILES string of the molecule is CC[Si]1(CC)C2=CC(=[N+]3CCOCC3)C=CC2=Nc2ccc(N(C)C)cc21. The summed E-state index contributed by atoms with van der Waals surface area (Å²) in [5, 5.41) is 3.02. The van der Waals surface area contributed by atoms with Crippen LogP contribution < -0.4 is 10.1 Å². The smallest absolute Gasteiger partial charge is 0.200 e. The van der Waals surface area contributed by atoms with Gasteiger partial charge >= 0.3 is 0 Å². The molecule has 0 radical (unpaired) electrons. The number of rotatable bonds is 3. The molecule has 0 atom stereocenters. The van der Waals surface area contributed by atoms with E-state index in [0.717, 1.165) is 26.3 Å². The molecule has 0 spiro atoms. The van der Waals surface area contributed by atoms with Crippen molar-refractivity contribution < 1.29 is 9.31 Å². The minimum atomic E-state index is -1.82. The summed E-state index contributed by atoms with van der Waals surface area (Å²) in [6.45, 7) is 8.34. The molecule has 3 aliphatic rings. The third kappa shape index (κ3) is 3.03. The molecule has 0 unspecified atom stereocenters. The Labute approximate surface area is 163 Å². The molecule has 1 aliphatic carbocycles. The van der Waals surface area contributed by atoms with Gasteiger partial charge in [0.2, 0.25) is 0 Å². The van der Waals surface area contributed by atoms with Crippen molar-refractivity contribution in [3.8, 4) is 0 Å². The van der Waals surface area contributed by atoms with Crippen molar-refractivity contribution in [1.29, 1.82) is 0 Å². The first-order valence-corrected chi connectivity index (χ1v) is 12.5. The number of hydrogen-bond donors (Lipinski definition) is 0. The summed E-state index contributed by atoms with van der Waals surface area (Å²) in [4.78, 5) is 7.26. The molecular formula is C22H30N3OSi+. The lowest BCUT2D eigenvalue weighted by atomic mass is 10.1. The third-order valence-electron chi connectivity index (χ3n) is 6.33. The minimum absolute atomic E-state index is 0.820. The van der Waals surface area contributed by atoms with Gasteiger partial charge in [-0.3, -0.25) is 0 Å². The van der Waals surface area contributed by atoms with Crippen molar-refractivity contribution in [2.75, 3.05) is 45.3 Å². The number of benzene rings is 1. The van der Waals surface area contributed by atoms with Crippen LogP contribution in [-0.2, 0) is 4.74 Å². The van der Waals surface area contributed by atoms with Gasteiger partial charge in [0.15, 0.2) is 18.8 Å². The van der Waals surface area contributed by atoms with Crippen molar-refractivity contribution in [3.63, 3.8) is 0 Å². The van der Waals surface area contributed by atoms with Crippen LogP contribution in [0.1, 0.15) is 13.8 Å². The molecule has 1 aromatic carbocycles. The largest absolute Gasteiger partial charge is 0.378 e. The molecule has 4 nitrogen and oxygen atoms in total. The van der Waals surface area contributed by atoms with E-state index in [0.29, 0.717) is 0 Å². The molecule has 1 saturated heterocycles. The Morgan fingerprint density at radius 1 is 1.11 bits per heavy atom. The predicted molar refractivity (Wildman–Crippen MR) is 117 cm³/mol. The van der Waals surface area contributed by atoms with Gasteiger partial charge in [0.1, 0.15) is 21.3 Å². The van der Waals surface area contributed by atoms with E-state index in [1.165, 1.54) is 45.3 Å². The van der Waals surface area contributed by atoms with Crippen molar-refractivity contribution in [2.45, 2.75) is 25.9 Å². The number of hydrogen-bond acceptors (Lipinski definition) is 3. The fourth-order valence-electron chi connectivity index (χ4n) is 4.59. The van der Waals surface area contributed by atoms with E-state index >= 15 is 0 Å². The summed E-state index contributed by atoms with van der Waals surface area (Å²) in [7, 11) is 2.41. The van der Waals surface area contributed by atoms with Crippen molar-refractivity contribution in [1.82, 2.24) is 0 Å². The Morgan fingerprint density at radius 3 is 2.52 bits per heavy atom. The zero-order valence-corrected chi connectivity index (χ0v) is 18.0. The number of anilines is 1. The van der Waals surface area contributed by atoms with Crippen LogP contribution in [0, 0.1) is 0 Å². The summed E-state index contributed by atoms with van der Waals surface area (Å²) in [6, 6.07) is 9.24. The van der Waals surface area contributed by atoms with Gasteiger partial charge in [0.05, 0.1) is 11.4 Å². The molecule has 1 fully saturated rings. The average molecular weight is 381 g/mol. The van der Waals surface area contributed by atoms with Gasteiger partial charge in [0, 0.05) is 31.9 Å². The monoisotopic (exact) mass is 380 g/mol. The molecule has 0 amide bonds. The first-order valence-electron chi connectivity index (χ1n) is 10.1. The number of aliphatic imine (C=N–C) groups is 1. The number of nitrogens with zero attached hydrogens (tertiary/aromatic N) is 3. The highest BCUT2D eigenvalue weighted by Crippen LogP contribution is 2.36. The fraction of sp³-hybridized carbons (Fsp3) is 0.455. The molecule has 0 aromatic heterocycles. The lowest BCUT2D eigenvalue weighted by molar-refractivity contribution is -0.547. The summed E-state index contributed by atoms with van der Waals surface area (Å²) < 4.78 is 8.00. The molecule has 4 rings (SSSR count). The third-order valence-corrected chi connectivity index (χ3v) is 11.6. The Balaban J connectivity index is 1.89. The number of ether oxygens (including phenoxy) is 1. The lowest BCUT2D eigenvalue weighted by Crippen LogP contribution is -2.53. The molecule has 1 aromatic rings. The van der Waals surface area contributed by atoms with E-state index in [2.05, 4.69) is 73.8 Å². The van der Waals surface area contributed by atoms with Crippen molar-refractivity contribution >= 4 is 36.1 Å². The number of fused-ring (bicyclic) bond motifs is 2. The zero-order chi connectivity index (χ0) is 19.0. The van der Waals surface area contributed by atoms with Crippen LogP contribution in [0.4, 0.5) is 11.4 Å². The summed E-state index contributed by atoms with van der Waals surface area (Å²) in [6.07, 6.45) is 6.95. The topological polar surface area (TPSA) is 27.8 Å². The second-order valence-electron chi connectivity index (χ2n) is 7.80. The molecule has 2 heterocycles. The average Bonchev–Trinajstić information content (AvgIpc) is 2.72. The summed E-state index contributed by atoms with van der Waals surface area (Å²) in [5.74, 6) is 0. The molecule has 2 aliphatic heterocycles. The maximum Gasteiger partial charge on any atom is 0.200 e. The van der Waals surface area contributed by atoms with E-state index in [9.17, 15) is 0 Å². The zero-order valence-electron chi connectivity index (χ0n) is 17.0. The van der Waals surface area contributed by atoms with Crippen LogP contribution in [0.3, 0.4) is 0 Å². The molecule has 0 saturated carbocycles. The van der Waals surface area contributed by atoms with Gasteiger partial charge in [0.25, 0.3) is 0 Å². The highest BCUT2D eigenvalue weighted by molar-refractivity contribution is 7.02. The second-order valence-corrected chi connectivity index (χ2v) is 12.5. The standard InChI is InChI=1S/C22H30N3OSi/c1-5-27(6-2)21-15-17(24(3)4)7-9-19(21)23-20-10-8-18(16-22(20)27)25-11-13-26-14-12-25/h7-10,15-16H,5-6,11-14H2,1-4H3/q+1. The molecule has 27 heavy (non-hydrogen) atoms. The number of allylic oxidation sites excluding steroid dienone is 4. The van der Waals surface area contributed by atoms with E-state index in [1.807, 2.05) is 0 Å². The van der Waals surface area contributed by atoms with Crippen LogP contribution in [-0.4, -0.2) is 64.5 Å². The van der Waals surface area contributed by atoms with Crippen LogP contribution in [0.5, 0.6) is 0 Å². The van der Waals surface area contributed by atoms with Gasteiger partial charge in [-0.05, 0) is 34.7 Å². The fourth-order valence-corrected chi connectivity index (χ4v) is 9.01. The van der Waals surface area contributed by atoms with E-state index < -0.39 is 8.07 Å². The van der Waals surface area contributed by atoms with Crippen LogP contribution in [0.15, 0.2) is 46.6 Å². The van der Waals surface area contributed by atoms with Gasteiger partial charge in [-0.2, -0.15) is 0 Å². The molecule has 5 heteroatoms. The minimum Gasteiger partial charge on any atom is -0.378 e. The van der Waals surface area contributed by atoms with Gasteiger partial charge in [-0.15, -0.1) is 0 Å². The van der Waals surface area contributed by atoms with E-state index in [-0.39, 0.29) is 0 Å². The van der Waals surface area contributed by atoms with E-state index in [1.54, 1.807) is 0 Å². The predicted octanol–water partition coefficient (Wildman–Crippen LogP) is 3.05. The van der Waals surface area contributed by atoms with E-state index in [4.69, 9.17) is 9.73 Å². The Hall–Kier alpha value is -1.98. The van der Waals surface area contributed by atoms with Crippen LogP contribution in [0.2, 0.25) is 12.1 Å². The summed E-state index contributed by atoms with van der Waals surface area (Å²) >= 11 is 0. The summed E-state index contributed by atoms with van der Waals surface area (Å²) in [5.41, 5.74) is 4.98. The van der Waals surface area contributed by atoms with Crippen LogP contribution in [0.25, 0.3) is 0 Å². The van der Waals surface area contributed by atoms with Gasteiger partial charge in [-0.1, -0.05) is 25.9 Å². The Morgan fingerprint density at radius 2 is 1.85 bits per heavy atom. The first-order chi connectivity index (χ1) is 13.1. The van der Waals surface area contributed by atoms with Crippen molar-refractivity contribution in [2.24, 2.45) is 4.99 Å². The van der Waals surface area contributed by atoms with Gasteiger partial charge in [-0.25, -0.2) is 9.57 Å². The quantitative estimate of drug-likeness (QED) is 0.458. The first kappa shape index (κ1) is 18.4. The molecular weight excluding hydrogens is 350 g/mol. The molecule has 0 bridgehead atoms. The van der Waals surface area contributed by atoms with Crippen molar-refractivity contribution in [3.05, 3.63) is 41.6 Å². The van der Waals surface area contributed by atoms with Gasteiger partial charge < -0.3 is 9.64 Å². The molecule has 142 valence electrons. The second kappa shape index (κ2) is 7.21. The Bertz CT molecular complexity index is 868. The highest BCUT2D eigenvalue weighted by atomic mass is 28.3. The highest BCUT2D eigenvalue weighted by Gasteiger charge is 2.43. The molecule has 0 N–H and O–H groups in total.